The Labute approximate surface area is 101 Å². The van der Waals surface area contributed by atoms with Crippen LogP contribution in [0, 0.1) is 13.8 Å². The fourth-order valence-corrected chi connectivity index (χ4v) is 1.89. The fraction of sp³-hybridized carbons (Fsp3) is 0.250. The molecule has 0 aliphatic heterocycles. The van der Waals surface area contributed by atoms with Crippen molar-refractivity contribution in [2.24, 2.45) is 0 Å². The summed E-state index contributed by atoms with van der Waals surface area (Å²) in [6.07, 6.45) is -4.48. The van der Waals surface area contributed by atoms with E-state index in [-0.39, 0.29) is 5.02 Å². The zero-order valence-corrected chi connectivity index (χ0v) is 9.95. The monoisotopic (exact) mass is 259 g/mol. The zero-order chi connectivity index (χ0) is 12.8. The first kappa shape index (κ1) is 12.2. The molecule has 0 spiro atoms. The van der Waals surface area contributed by atoms with Crippen LogP contribution in [0.4, 0.5) is 13.2 Å². The van der Waals surface area contributed by atoms with E-state index in [2.05, 4.69) is 4.98 Å². The standard InChI is InChI=1S/C12H9ClF3N/c1-6-3-4-8-9(13)5-10(12(14,15)16)17-11(8)7(6)2/h3-5H,1-2H3. The number of aromatic nitrogens is 1. The molecule has 0 saturated carbocycles. The fourth-order valence-electron chi connectivity index (χ4n) is 1.63. The van der Waals surface area contributed by atoms with Crippen molar-refractivity contribution >= 4 is 22.5 Å². The molecule has 0 bridgehead atoms. The van der Waals surface area contributed by atoms with E-state index in [1.165, 1.54) is 0 Å². The van der Waals surface area contributed by atoms with Crippen molar-refractivity contribution in [2.45, 2.75) is 20.0 Å². The molecule has 0 aliphatic carbocycles. The second kappa shape index (κ2) is 3.88. The maximum atomic E-state index is 12.6. The number of hydrogen-bond acceptors (Lipinski definition) is 1. The molecular formula is C12H9ClF3N. The van der Waals surface area contributed by atoms with Crippen LogP contribution < -0.4 is 0 Å². The number of rotatable bonds is 0. The topological polar surface area (TPSA) is 12.9 Å². The smallest absolute Gasteiger partial charge is 0.243 e. The van der Waals surface area contributed by atoms with Gasteiger partial charge in [0, 0.05) is 5.39 Å². The highest BCUT2D eigenvalue weighted by atomic mass is 35.5. The molecule has 90 valence electrons. The van der Waals surface area contributed by atoms with Crippen molar-refractivity contribution in [3.05, 3.63) is 40.0 Å². The number of fused-ring (bicyclic) bond motifs is 1. The van der Waals surface area contributed by atoms with Crippen molar-refractivity contribution < 1.29 is 13.2 Å². The number of pyridine rings is 1. The SMILES string of the molecule is Cc1ccc2c(Cl)cc(C(F)(F)F)nc2c1C. The molecule has 0 aliphatic rings. The van der Waals surface area contributed by atoms with Crippen molar-refractivity contribution in [3.8, 4) is 0 Å². The van der Waals surface area contributed by atoms with Gasteiger partial charge in [0.15, 0.2) is 0 Å². The van der Waals surface area contributed by atoms with E-state index in [0.717, 1.165) is 17.2 Å². The predicted octanol–water partition coefficient (Wildman–Crippen LogP) is 4.52. The average molecular weight is 260 g/mol. The van der Waals surface area contributed by atoms with Gasteiger partial charge in [0.25, 0.3) is 0 Å². The van der Waals surface area contributed by atoms with E-state index < -0.39 is 11.9 Å². The number of halogens is 4. The molecule has 1 nitrogen and oxygen atoms in total. The average Bonchev–Trinajstić information content (AvgIpc) is 2.22. The normalized spacial score (nSPS) is 12.1. The highest BCUT2D eigenvalue weighted by molar-refractivity contribution is 6.35. The lowest BCUT2D eigenvalue weighted by atomic mass is 10.0. The first-order valence-corrected chi connectivity index (χ1v) is 5.32. The van der Waals surface area contributed by atoms with Crippen molar-refractivity contribution in [1.82, 2.24) is 4.98 Å². The number of benzene rings is 1. The summed E-state index contributed by atoms with van der Waals surface area (Å²) in [6, 6.07) is 4.37. The Morgan fingerprint density at radius 2 is 1.82 bits per heavy atom. The Kier molecular flexibility index (Phi) is 2.78. The van der Waals surface area contributed by atoms with Crippen LogP contribution in [0.15, 0.2) is 18.2 Å². The minimum absolute atomic E-state index is 0.0745. The Bertz CT molecular complexity index is 590. The molecule has 0 N–H and O–H groups in total. The van der Waals surface area contributed by atoms with Crippen LogP contribution in [0.5, 0.6) is 0 Å². The molecule has 0 fully saturated rings. The summed E-state index contributed by atoms with van der Waals surface area (Å²) in [5, 5.41) is 0.619. The van der Waals surface area contributed by atoms with Crippen molar-refractivity contribution in [1.29, 1.82) is 0 Å². The van der Waals surface area contributed by atoms with Crippen LogP contribution in [-0.2, 0) is 6.18 Å². The van der Waals surface area contributed by atoms with Gasteiger partial charge in [-0.25, -0.2) is 4.98 Å². The van der Waals surface area contributed by atoms with Crippen LogP contribution in [0.2, 0.25) is 5.02 Å². The summed E-state index contributed by atoms with van der Waals surface area (Å²) in [6.45, 7) is 3.56. The molecule has 1 aromatic heterocycles. The van der Waals surface area contributed by atoms with E-state index in [0.29, 0.717) is 10.9 Å². The summed E-state index contributed by atoms with van der Waals surface area (Å²) in [4.78, 5) is 3.66. The third-order valence-electron chi connectivity index (χ3n) is 2.75. The molecule has 2 aromatic rings. The molecule has 5 heteroatoms. The molecule has 1 heterocycles. The molecule has 1 aromatic carbocycles. The van der Waals surface area contributed by atoms with Gasteiger partial charge in [-0.15, -0.1) is 0 Å². The van der Waals surface area contributed by atoms with Gasteiger partial charge in [0.1, 0.15) is 5.69 Å². The quantitative estimate of drug-likeness (QED) is 0.678. The van der Waals surface area contributed by atoms with E-state index in [1.807, 2.05) is 13.0 Å². The Balaban J connectivity index is 2.84. The Hall–Kier alpha value is -1.29. The van der Waals surface area contributed by atoms with Gasteiger partial charge < -0.3 is 0 Å². The van der Waals surface area contributed by atoms with Crippen molar-refractivity contribution in [3.63, 3.8) is 0 Å². The predicted molar refractivity (Wildman–Crippen MR) is 61.2 cm³/mol. The molecule has 0 radical (unpaired) electrons. The Morgan fingerprint density at radius 3 is 2.41 bits per heavy atom. The van der Waals surface area contributed by atoms with Gasteiger partial charge in [-0.3, -0.25) is 0 Å². The number of alkyl halides is 3. The zero-order valence-electron chi connectivity index (χ0n) is 9.19. The summed E-state index contributed by atoms with van der Waals surface area (Å²) in [5.74, 6) is 0. The highest BCUT2D eigenvalue weighted by Gasteiger charge is 2.33. The van der Waals surface area contributed by atoms with Gasteiger partial charge >= 0.3 is 6.18 Å². The van der Waals surface area contributed by atoms with Crippen LogP contribution in [0.1, 0.15) is 16.8 Å². The largest absolute Gasteiger partial charge is 0.433 e. The van der Waals surface area contributed by atoms with Gasteiger partial charge in [-0.2, -0.15) is 13.2 Å². The van der Waals surface area contributed by atoms with Crippen LogP contribution >= 0.6 is 11.6 Å². The molecule has 0 saturated heterocycles. The summed E-state index contributed by atoms with van der Waals surface area (Å²) in [7, 11) is 0. The number of aryl methyl sites for hydroxylation is 2. The second-order valence-electron chi connectivity index (χ2n) is 3.89. The molecular weight excluding hydrogens is 251 g/mol. The minimum atomic E-state index is -4.48. The first-order valence-electron chi connectivity index (χ1n) is 4.94. The highest BCUT2D eigenvalue weighted by Crippen LogP contribution is 2.34. The van der Waals surface area contributed by atoms with Crippen molar-refractivity contribution in [2.75, 3.05) is 0 Å². The molecule has 0 amide bonds. The maximum absolute atomic E-state index is 12.6. The third-order valence-corrected chi connectivity index (χ3v) is 3.06. The van der Waals surface area contributed by atoms with Crippen LogP contribution in [-0.4, -0.2) is 4.98 Å². The lowest BCUT2D eigenvalue weighted by Crippen LogP contribution is -2.08. The molecule has 0 atom stereocenters. The molecule has 17 heavy (non-hydrogen) atoms. The van der Waals surface area contributed by atoms with Gasteiger partial charge in [-0.05, 0) is 31.0 Å². The number of hydrogen-bond donors (Lipinski definition) is 0. The second-order valence-corrected chi connectivity index (χ2v) is 4.30. The van der Waals surface area contributed by atoms with E-state index in [9.17, 15) is 13.2 Å². The van der Waals surface area contributed by atoms with E-state index in [1.54, 1.807) is 13.0 Å². The first-order chi connectivity index (χ1) is 7.80. The van der Waals surface area contributed by atoms with Crippen LogP contribution in [0.25, 0.3) is 10.9 Å². The lowest BCUT2D eigenvalue weighted by molar-refractivity contribution is -0.140. The summed E-state index contributed by atoms with van der Waals surface area (Å²) >= 11 is 5.85. The maximum Gasteiger partial charge on any atom is 0.433 e. The van der Waals surface area contributed by atoms with E-state index >= 15 is 0 Å². The third kappa shape index (κ3) is 2.09. The van der Waals surface area contributed by atoms with Gasteiger partial charge in [-0.1, -0.05) is 23.7 Å². The summed E-state index contributed by atoms with van der Waals surface area (Å²) < 4.78 is 37.8. The Morgan fingerprint density at radius 1 is 1.18 bits per heavy atom. The van der Waals surface area contributed by atoms with Gasteiger partial charge in [0.2, 0.25) is 0 Å². The van der Waals surface area contributed by atoms with E-state index in [4.69, 9.17) is 11.6 Å². The number of nitrogens with zero attached hydrogens (tertiary/aromatic N) is 1. The van der Waals surface area contributed by atoms with Crippen LogP contribution in [0.3, 0.4) is 0 Å². The minimum Gasteiger partial charge on any atom is -0.243 e. The molecule has 2 rings (SSSR count). The van der Waals surface area contributed by atoms with Gasteiger partial charge in [0.05, 0.1) is 10.5 Å². The summed E-state index contributed by atoms with van der Waals surface area (Å²) in [5.41, 5.74) is 0.962. The molecule has 0 unspecified atom stereocenters. The lowest BCUT2D eigenvalue weighted by Gasteiger charge is -2.11.